The van der Waals surface area contributed by atoms with Crippen LogP contribution < -0.4 is 0 Å². The van der Waals surface area contributed by atoms with E-state index >= 15 is 0 Å². The van der Waals surface area contributed by atoms with Crippen LogP contribution in [0.15, 0.2) is 0 Å². The summed E-state index contributed by atoms with van der Waals surface area (Å²) in [6, 6.07) is 1.18. The number of piperidine rings is 1. The average molecular weight is 239 g/mol. The Kier molecular flexibility index (Phi) is 4.40. The number of carbonyl (C=O) groups excluding carboxylic acids is 1. The van der Waals surface area contributed by atoms with Gasteiger partial charge in [-0.15, -0.1) is 0 Å². The molecule has 2 aliphatic rings. The van der Waals surface area contributed by atoms with E-state index in [1.165, 1.54) is 25.9 Å². The van der Waals surface area contributed by atoms with Crippen LogP contribution in [-0.4, -0.2) is 73.0 Å². The highest BCUT2D eigenvalue weighted by molar-refractivity contribution is 5.48. The second kappa shape index (κ2) is 5.83. The fourth-order valence-corrected chi connectivity index (χ4v) is 3.09. The van der Waals surface area contributed by atoms with Crippen molar-refractivity contribution < 1.29 is 4.79 Å². The SMILES string of the molecule is CC[C@H]1CN(C2CCN(C)CC2)CCN1C=O. The minimum Gasteiger partial charge on any atom is -0.340 e. The van der Waals surface area contributed by atoms with E-state index in [1.807, 2.05) is 4.90 Å². The largest absolute Gasteiger partial charge is 0.340 e. The maximum Gasteiger partial charge on any atom is 0.210 e. The maximum atomic E-state index is 11.0. The Balaban J connectivity index is 1.88. The second-order valence-corrected chi connectivity index (χ2v) is 5.43. The summed E-state index contributed by atoms with van der Waals surface area (Å²) in [6.07, 6.45) is 4.67. The lowest BCUT2D eigenvalue weighted by atomic mass is 10.0. The van der Waals surface area contributed by atoms with Crippen LogP contribution >= 0.6 is 0 Å². The van der Waals surface area contributed by atoms with Gasteiger partial charge in [-0.2, -0.15) is 0 Å². The summed E-state index contributed by atoms with van der Waals surface area (Å²) in [4.78, 5) is 18.0. The van der Waals surface area contributed by atoms with E-state index < -0.39 is 0 Å². The molecule has 2 aliphatic heterocycles. The zero-order valence-electron chi connectivity index (χ0n) is 11.1. The fraction of sp³-hybridized carbons (Fsp3) is 0.923. The van der Waals surface area contributed by atoms with Gasteiger partial charge >= 0.3 is 0 Å². The number of likely N-dealkylation sites (tertiary alicyclic amines) is 1. The van der Waals surface area contributed by atoms with Crippen LogP contribution in [-0.2, 0) is 4.79 Å². The van der Waals surface area contributed by atoms with Crippen molar-refractivity contribution in [2.75, 3.05) is 39.8 Å². The zero-order valence-corrected chi connectivity index (χ0v) is 11.1. The number of amides is 1. The molecule has 0 saturated carbocycles. The lowest BCUT2D eigenvalue weighted by Crippen LogP contribution is -2.56. The molecule has 0 bridgehead atoms. The van der Waals surface area contributed by atoms with Crippen molar-refractivity contribution >= 4 is 6.41 Å². The highest BCUT2D eigenvalue weighted by Gasteiger charge is 2.30. The fourth-order valence-electron chi connectivity index (χ4n) is 3.09. The third-order valence-corrected chi connectivity index (χ3v) is 4.37. The molecular weight excluding hydrogens is 214 g/mol. The first-order valence-electron chi connectivity index (χ1n) is 6.88. The van der Waals surface area contributed by atoms with E-state index in [0.717, 1.165) is 38.5 Å². The van der Waals surface area contributed by atoms with Crippen molar-refractivity contribution in [3.05, 3.63) is 0 Å². The summed E-state index contributed by atoms with van der Waals surface area (Å²) in [7, 11) is 2.20. The lowest BCUT2D eigenvalue weighted by molar-refractivity contribution is -0.123. The van der Waals surface area contributed by atoms with Gasteiger partial charge in [-0.1, -0.05) is 6.92 Å². The van der Waals surface area contributed by atoms with Crippen LogP contribution in [0.5, 0.6) is 0 Å². The van der Waals surface area contributed by atoms with Gasteiger partial charge in [0.2, 0.25) is 6.41 Å². The summed E-state index contributed by atoms with van der Waals surface area (Å²) < 4.78 is 0. The van der Waals surface area contributed by atoms with Crippen LogP contribution in [0.25, 0.3) is 0 Å². The van der Waals surface area contributed by atoms with Gasteiger partial charge in [0, 0.05) is 31.7 Å². The first-order chi connectivity index (χ1) is 8.24. The van der Waals surface area contributed by atoms with E-state index in [0.29, 0.717) is 6.04 Å². The first-order valence-corrected chi connectivity index (χ1v) is 6.88. The molecule has 4 nitrogen and oxygen atoms in total. The number of hydrogen-bond acceptors (Lipinski definition) is 3. The van der Waals surface area contributed by atoms with Gasteiger partial charge in [-0.25, -0.2) is 0 Å². The summed E-state index contributed by atoms with van der Waals surface area (Å²) in [6.45, 7) is 7.66. The Morgan fingerprint density at radius 1 is 1.18 bits per heavy atom. The van der Waals surface area contributed by atoms with Gasteiger partial charge in [0.15, 0.2) is 0 Å². The van der Waals surface area contributed by atoms with E-state index in [2.05, 4.69) is 23.8 Å². The summed E-state index contributed by atoms with van der Waals surface area (Å²) >= 11 is 0. The third kappa shape index (κ3) is 2.99. The zero-order chi connectivity index (χ0) is 12.3. The molecule has 2 heterocycles. The van der Waals surface area contributed by atoms with Crippen molar-refractivity contribution in [1.82, 2.24) is 14.7 Å². The molecule has 0 unspecified atom stereocenters. The van der Waals surface area contributed by atoms with Gasteiger partial charge in [0.25, 0.3) is 0 Å². The molecule has 2 rings (SSSR count). The number of piperazine rings is 1. The topological polar surface area (TPSA) is 26.8 Å². The van der Waals surface area contributed by atoms with E-state index in [4.69, 9.17) is 0 Å². The molecule has 0 aromatic rings. The normalized spacial score (nSPS) is 29.5. The maximum absolute atomic E-state index is 11.0. The van der Waals surface area contributed by atoms with Gasteiger partial charge in [-0.3, -0.25) is 9.69 Å². The van der Waals surface area contributed by atoms with Crippen LogP contribution in [0.4, 0.5) is 0 Å². The minimum atomic E-state index is 0.431. The summed E-state index contributed by atoms with van der Waals surface area (Å²) in [5.41, 5.74) is 0. The Labute approximate surface area is 105 Å². The molecule has 0 aromatic carbocycles. The number of rotatable bonds is 3. The van der Waals surface area contributed by atoms with Gasteiger partial charge in [-0.05, 0) is 39.4 Å². The molecule has 0 radical (unpaired) electrons. The second-order valence-electron chi connectivity index (χ2n) is 5.43. The van der Waals surface area contributed by atoms with Gasteiger partial charge in [0.05, 0.1) is 0 Å². The molecule has 0 spiro atoms. The van der Waals surface area contributed by atoms with Crippen molar-refractivity contribution in [3.63, 3.8) is 0 Å². The molecule has 1 atom stereocenters. The third-order valence-electron chi connectivity index (χ3n) is 4.37. The predicted octanol–water partition coefficient (Wildman–Crippen LogP) is 0.633. The Morgan fingerprint density at radius 2 is 1.88 bits per heavy atom. The number of nitrogens with zero attached hydrogens (tertiary/aromatic N) is 3. The lowest BCUT2D eigenvalue weighted by Gasteiger charge is -2.45. The first kappa shape index (κ1) is 12.8. The monoisotopic (exact) mass is 239 g/mol. The quantitative estimate of drug-likeness (QED) is 0.676. The van der Waals surface area contributed by atoms with Crippen molar-refractivity contribution in [2.45, 2.75) is 38.3 Å². The van der Waals surface area contributed by atoms with E-state index in [-0.39, 0.29) is 0 Å². The van der Waals surface area contributed by atoms with Crippen molar-refractivity contribution in [2.24, 2.45) is 0 Å². The molecule has 0 aromatic heterocycles. The summed E-state index contributed by atoms with van der Waals surface area (Å²) in [5.74, 6) is 0. The molecule has 98 valence electrons. The molecule has 4 heteroatoms. The van der Waals surface area contributed by atoms with Crippen LogP contribution in [0.1, 0.15) is 26.2 Å². The Bertz CT molecular complexity index is 251. The molecule has 2 fully saturated rings. The number of carbonyl (C=O) groups is 1. The highest BCUT2D eigenvalue weighted by atomic mass is 16.1. The molecule has 17 heavy (non-hydrogen) atoms. The smallest absolute Gasteiger partial charge is 0.210 e. The van der Waals surface area contributed by atoms with Gasteiger partial charge in [0.1, 0.15) is 0 Å². The van der Waals surface area contributed by atoms with Crippen LogP contribution in [0, 0.1) is 0 Å². The average Bonchev–Trinajstić information content (AvgIpc) is 2.39. The molecule has 0 aliphatic carbocycles. The van der Waals surface area contributed by atoms with Crippen LogP contribution in [0.2, 0.25) is 0 Å². The van der Waals surface area contributed by atoms with E-state index in [9.17, 15) is 4.79 Å². The molecule has 1 amide bonds. The van der Waals surface area contributed by atoms with Crippen molar-refractivity contribution in [1.29, 1.82) is 0 Å². The molecule has 2 saturated heterocycles. The van der Waals surface area contributed by atoms with E-state index in [1.54, 1.807) is 0 Å². The Hall–Kier alpha value is -0.610. The highest BCUT2D eigenvalue weighted by Crippen LogP contribution is 2.20. The van der Waals surface area contributed by atoms with Crippen LogP contribution in [0.3, 0.4) is 0 Å². The predicted molar refractivity (Wildman–Crippen MR) is 68.9 cm³/mol. The molecular formula is C13H25N3O. The standard InChI is InChI=1S/C13H25N3O/c1-3-12-10-15(8-9-16(12)11-17)13-4-6-14(2)7-5-13/h11-13H,3-10H2,1-2H3/t12-/m0/s1. The minimum absolute atomic E-state index is 0.431. The Morgan fingerprint density at radius 3 is 2.47 bits per heavy atom. The van der Waals surface area contributed by atoms with Gasteiger partial charge < -0.3 is 9.80 Å². The van der Waals surface area contributed by atoms with Crippen molar-refractivity contribution in [3.8, 4) is 0 Å². The molecule has 0 N–H and O–H groups in total. The number of hydrogen-bond donors (Lipinski definition) is 0. The summed E-state index contributed by atoms with van der Waals surface area (Å²) in [5, 5.41) is 0.